The molecule has 0 radical (unpaired) electrons. The number of ketones is 1. The number of nitrogens with zero attached hydrogens (tertiary/aromatic N) is 1. The van der Waals surface area contributed by atoms with Crippen LogP contribution in [0, 0.1) is 22.7 Å². The van der Waals surface area contributed by atoms with Gasteiger partial charge in [-0.15, -0.1) is 0 Å². The van der Waals surface area contributed by atoms with Crippen molar-refractivity contribution in [2.75, 3.05) is 19.7 Å². The molecule has 8 rings (SSSR count). The monoisotopic (exact) mass is 1300 g/mol. The van der Waals surface area contributed by atoms with Crippen LogP contribution in [0.3, 0.4) is 0 Å². The summed E-state index contributed by atoms with van der Waals surface area (Å²) in [5.74, 6) is -13.2. The highest BCUT2D eigenvalue weighted by Crippen LogP contribution is 2.64. The van der Waals surface area contributed by atoms with Gasteiger partial charge in [0.05, 0.1) is 36.2 Å². The normalized spacial score (nSPS) is 25.4. The zero-order chi connectivity index (χ0) is 68.8. The Morgan fingerprint density at radius 3 is 1.91 bits per heavy atom. The summed E-state index contributed by atoms with van der Waals surface area (Å²) in [5.41, 5.74) is -2.37. The first-order valence-corrected chi connectivity index (χ1v) is 31.0. The minimum Gasteiger partial charge on any atom is -0.455 e. The van der Waals surface area contributed by atoms with Crippen LogP contribution in [0.5, 0.6) is 0 Å². The van der Waals surface area contributed by atoms with E-state index in [4.69, 9.17) is 34.2 Å². The van der Waals surface area contributed by atoms with Gasteiger partial charge in [0.2, 0.25) is 17.9 Å². The van der Waals surface area contributed by atoms with Crippen LogP contribution in [0.15, 0.2) is 145 Å². The van der Waals surface area contributed by atoms with E-state index >= 15 is 9.59 Å². The van der Waals surface area contributed by atoms with Gasteiger partial charge < -0.3 is 60.3 Å². The number of carbonyl (C=O) groups is 11. The van der Waals surface area contributed by atoms with Gasteiger partial charge in [-0.05, 0) is 79.6 Å². The molecule has 1 saturated heterocycles. The molecule has 5 amide bonds. The van der Waals surface area contributed by atoms with Gasteiger partial charge in [-0.2, -0.15) is 0 Å². The average molecular weight is 1300 g/mol. The van der Waals surface area contributed by atoms with Gasteiger partial charge in [0.15, 0.2) is 17.5 Å². The molecule has 2 bridgehead atoms. The van der Waals surface area contributed by atoms with Crippen molar-refractivity contribution >= 4 is 65.2 Å². The Bertz CT molecular complexity index is 3600. The maximum Gasteiger partial charge on any atom is 0.350 e. The lowest BCUT2D eigenvalue weighted by Crippen LogP contribution is -2.82. The van der Waals surface area contributed by atoms with Crippen molar-refractivity contribution in [3.05, 3.63) is 167 Å². The number of aliphatic hydroxyl groups excluding tert-OH is 1. The molecule has 4 aliphatic rings. The topological polar surface area (TPSA) is 349 Å². The number of fused-ring (bicyclic) bond motifs is 5. The van der Waals surface area contributed by atoms with Crippen LogP contribution in [0.4, 0.5) is 0 Å². The molecule has 3 unspecified atom stereocenters. The SMILES string of the molecule is C=C(C)C(=O)N(C(=O)[C@H](Cc1ccccc1)NC(=O)CN)[C@@H](CC(C)C)C(=O)NCC(=O)O[C@@H](C(=O)O[C@H]1C[C@@]2(O)[C@@H](OC(=O)c3ccccc3)C3C4(OC(C)=O)CO[C@@H]4C[C@H](O)C3(C)C(=O)[C@H](OC(C)=O)C(=C1C)C2(C)C)[C@@H](NC(=O)c1ccccc1)c1ccccc1. The summed E-state index contributed by atoms with van der Waals surface area (Å²) < 4.78 is 37.2. The lowest BCUT2D eigenvalue weighted by Gasteiger charge is -2.67. The van der Waals surface area contributed by atoms with Crippen molar-refractivity contribution in [1.29, 1.82) is 0 Å². The van der Waals surface area contributed by atoms with E-state index in [2.05, 4.69) is 22.5 Å². The molecule has 94 heavy (non-hydrogen) atoms. The van der Waals surface area contributed by atoms with E-state index in [1.54, 1.807) is 98.8 Å². The van der Waals surface area contributed by atoms with E-state index in [1.807, 2.05) is 0 Å². The van der Waals surface area contributed by atoms with E-state index in [0.717, 1.165) is 13.8 Å². The van der Waals surface area contributed by atoms with Crippen molar-refractivity contribution in [2.24, 2.45) is 28.4 Å². The molecule has 3 fully saturated rings. The molecule has 2 saturated carbocycles. The number of carbonyl (C=O) groups excluding carboxylic acids is 11. The fourth-order valence-corrected chi connectivity index (χ4v) is 13.6. The minimum absolute atomic E-state index is 0.0118. The van der Waals surface area contributed by atoms with Gasteiger partial charge in [-0.1, -0.05) is 131 Å². The number of Topliss-reactive ketones (excluding diaryl/α,β-unsaturated/α-hetero) is 1. The smallest absolute Gasteiger partial charge is 0.350 e. The van der Waals surface area contributed by atoms with Crippen LogP contribution in [-0.2, 0) is 78.0 Å². The Hall–Kier alpha value is -9.23. The molecular formula is C70H81N5O19. The summed E-state index contributed by atoms with van der Waals surface area (Å²) in [7, 11) is 0. The number of amides is 5. The van der Waals surface area contributed by atoms with Crippen LogP contribution < -0.4 is 21.7 Å². The lowest BCUT2D eigenvalue weighted by molar-refractivity contribution is -0.346. The summed E-state index contributed by atoms with van der Waals surface area (Å²) in [4.78, 5) is 160. The highest BCUT2D eigenvalue weighted by atomic mass is 16.6. The number of benzene rings is 4. The highest BCUT2D eigenvalue weighted by Gasteiger charge is 2.78. The van der Waals surface area contributed by atoms with Gasteiger partial charge in [-0.25, -0.2) is 9.59 Å². The first-order valence-electron chi connectivity index (χ1n) is 31.0. The second kappa shape index (κ2) is 29.0. The van der Waals surface area contributed by atoms with E-state index < -0.39 is 180 Å². The van der Waals surface area contributed by atoms with Crippen molar-refractivity contribution in [1.82, 2.24) is 20.9 Å². The standard InChI is InChI=1S/C70H81N5O19/c1-38(2)31-48(75(63(84)39(3)4)64(85)47(73-52(79)35-71)32-43-23-15-11-16-24-43)62(83)72-36-53(80)92-57(55(44-25-17-12-18-26-44)74-61(82)45-27-19-13-20-28-45)66(87)91-49-34-70(88)60(93-65(86)46-29-21-14-22-30-46)58-68(10,50(78)33-51-69(58,37-89-51)94-42(7)77)59(81)56(90-41(6)76)54(40(49)5)67(70,8)9/h11-30,38,47-51,55-58,60,78,88H,3,31-37,71H2,1-2,4-10H3,(H,72,83)(H,73,79)(H,74,82)/t47-,48-,49-,50-,51+,55-,56+,57+,58?,60-,68?,69?,70+/m0/s1. The molecule has 500 valence electrons. The van der Waals surface area contributed by atoms with E-state index in [-0.39, 0.29) is 52.7 Å². The predicted octanol–water partition coefficient (Wildman–Crippen LogP) is 4.44. The quantitative estimate of drug-likeness (QED) is 0.0259. The largest absolute Gasteiger partial charge is 0.455 e. The molecule has 24 heteroatoms. The van der Waals surface area contributed by atoms with Gasteiger partial charge in [0.25, 0.3) is 17.7 Å². The van der Waals surface area contributed by atoms with Crippen LogP contribution in [0.25, 0.3) is 0 Å². The summed E-state index contributed by atoms with van der Waals surface area (Å²) in [5, 5.41) is 34.3. The second-order valence-corrected chi connectivity index (χ2v) is 25.5. The number of hydrogen-bond acceptors (Lipinski definition) is 20. The number of nitrogens with one attached hydrogen (secondary N) is 3. The molecule has 24 nitrogen and oxygen atoms in total. The third-order valence-electron chi connectivity index (χ3n) is 18.4. The van der Waals surface area contributed by atoms with Crippen molar-refractivity contribution in [2.45, 2.75) is 154 Å². The molecule has 1 aliphatic heterocycles. The number of esters is 5. The van der Waals surface area contributed by atoms with Crippen molar-refractivity contribution < 1.29 is 91.4 Å². The Morgan fingerprint density at radius 1 is 0.787 bits per heavy atom. The molecule has 13 atom stereocenters. The summed E-state index contributed by atoms with van der Waals surface area (Å²) in [6, 6.07) is 27.0. The molecule has 3 aliphatic carbocycles. The molecule has 0 aromatic heterocycles. The maximum atomic E-state index is 16.0. The van der Waals surface area contributed by atoms with Crippen LogP contribution >= 0.6 is 0 Å². The van der Waals surface area contributed by atoms with Crippen LogP contribution in [0.1, 0.15) is 119 Å². The summed E-state index contributed by atoms with van der Waals surface area (Å²) in [6.07, 6.45) is -12.2. The number of ether oxygens (including phenoxy) is 6. The van der Waals surface area contributed by atoms with Gasteiger partial charge >= 0.3 is 29.8 Å². The number of hydrogen-bond donors (Lipinski definition) is 6. The predicted molar refractivity (Wildman–Crippen MR) is 336 cm³/mol. The van der Waals surface area contributed by atoms with Crippen LogP contribution in [-0.4, -0.2) is 160 Å². The third kappa shape index (κ3) is 14.3. The molecule has 0 spiro atoms. The Balaban J connectivity index is 1.23. The van der Waals surface area contributed by atoms with E-state index in [1.165, 1.54) is 71.0 Å². The number of nitrogens with two attached hydrogens (primary N) is 1. The van der Waals surface area contributed by atoms with E-state index in [9.17, 15) is 53.4 Å². The zero-order valence-corrected chi connectivity index (χ0v) is 53.9. The van der Waals surface area contributed by atoms with Crippen molar-refractivity contribution in [3.63, 3.8) is 0 Å². The van der Waals surface area contributed by atoms with Gasteiger partial charge in [0, 0.05) is 49.7 Å². The molecule has 4 aromatic rings. The summed E-state index contributed by atoms with van der Waals surface area (Å²) in [6.45, 7) is 14.4. The molecule has 7 N–H and O–H groups in total. The number of rotatable bonds is 23. The van der Waals surface area contributed by atoms with Gasteiger partial charge in [-0.3, -0.25) is 48.1 Å². The Morgan fingerprint density at radius 2 is 1.37 bits per heavy atom. The molecule has 1 heterocycles. The third-order valence-corrected chi connectivity index (χ3v) is 18.4. The fraction of sp³-hybridized carbons (Fsp3) is 0.443. The fourth-order valence-electron chi connectivity index (χ4n) is 13.6. The first-order chi connectivity index (χ1) is 44.4. The summed E-state index contributed by atoms with van der Waals surface area (Å²) >= 11 is 0. The average Bonchev–Trinajstić information content (AvgIpc) is 0.670. The number of imide groups is 1. The maximum absolute atomic E-state index is 16.0. The lowest BCUT2D eigenvalue weighted by atomic mass is 9.44. The van der Waals surface area contributed by atoms with E-state index in [0.29, 0.717) is 10.5 Å². The second-order valence-electron chi connectivity index (χ2n) is 25.5. The Kier molecular flexibility index (Phi) is 21.8. The highest BCUT2D eigenvalue weighted by molar-refractivity contribution is 6.09. The first kappa shape index (κ1) is 70.6. The van der Waals surface area contributed by atoms with Gasteiger partial charge in [0.1, 0.15) is 48.6 Å². The molecule has 4 aromatic carbocycles. The zero-order valence-electron chi connectivity index (χ0n) is 53.9. The molecular weight excluding hydrogens is 1210 g/mol. The Labute approximate surface area is 544 Å². The number of aliphatic hydroxyl groups is 2. The van der Waals surface area contributed by atoms with Crippen LogP contribution in [0.2, 0.25) is 0 Å². The van der Waals surface area contributed by atoms with Crippen molar-refractivity contribution in [3.8, 4) is 0 Å². The minimum atomic E-state index is -2.60.